The molecule has 0 fully saturated rings. The molecule has 1 N–H and O–H groups in total. The molecule has 0 spiro atoms. The number of carbonyl (C=O) groups is 1. The fourth-order valence-electron chi connectivity index (χ4n) is 1.33. The molecule has 17 heavy (non-hydrogen) atoms. The second kappa shape index (κ2) is 6.20. The summed E-state index contributed by atoms with van der Waals surface area (Å²) < 4.78 is 18.4. The first kappa shape index (κ1) is 13.4. The van der Waals surface area contributed by atoms with E-state index in [9.17, 15) is 14.3 Å². The second-order valence-corrected chi connectivity index (χ2v) is 3.79. The van der Waals surface area contributed by atoms with Gasteiger partial charge >= 0.3 is 0 Å². The van der Waals surface area contributed by atoms with Crippen molar-refractivity contribution in [3.05, 3.63) is 29.6 Å². The van der Waals surface area contributed by atoms with Crippen LogP contribution in [-0.2, 0) is 4.79 Å². The SMILES string of the molecule is C[C@@H](O)c1cc(F)ccc1OCCN(C)C=O. The number of carbonyl (C=O) groups excluding carboxylic acids is 1. The fraction of sp³-hybridized carbons (Fsp3) is 0.417. The zero-order chi connectivity index (χ0) is 12.8. The third-order valence-electron chi connectivity index (χ3n) is 2.30. The normalized spacial score (nSPS) is 12.0. The number of ether oxygens (including phenoxy) is 1. The van der Waals surface area contributed by atoms with Crippen LogP contribution in [0.15, 0.2) is 18.2 Å². The molecule has 0 radical (unpaired) electrons. The average Bonchev–Trinajstić information content (AvgIpc) is 2.30. The lowest BCUT2D eigenvalue weighted by Crippen LogP contribution is -2.22. The lowest BCUT2D eigenvalue weighted by Gasteiger charge is -2.15. The van der Waals surface area contributed by atoms with E-state index in [1.54, 1.807) is 14.0 Å². The van der Waals surface area contributed by atoms with Crippen LogP contribution in [0, 0.1) is 5.82 Å². The summed E-state index contributed by atoms with van der Waals surface area (Å²) in [4.78, 5) is 11.8. The van der Waals surface area contributed by atoms with Crippen molar-refractivity contribution in [2.24, 2.45) is 0 Å². The Labute approximate surface area is 99.6 Å². The smallest absolute Gasteiger partial charge is 0.209 e. The molecule has 0 saturated carbocycles. The molecule has 0 aliphatic heterocycles. The molecule has 0 unspecified atom stereocenters. The molecule has 0 aromatic heterocycles. The molecule has 5 heteroatoms. The highest BCUT2D eigenvalue weighted by Gasteiger charge is 2.10. The molecule has 1 atom stereocenters. The first-order chi connectivity index (χ1) is 8.04. The molecule has 0 bridgehead atoms. The van der Waals surface area contributed by atoms with Crippen LogP contribution in [0.2, 0.25) is 0 Å². The van der Waals surface area contributed by atoms with Gasteiger partial charge in [0.2, 0.25) is 6.41 Å². The van der Waals surface area contributed by atoms with E-state index in [2.05, 4.69) is 0 Å². The second-order valence-electron chi connectivity index (χ2n) is 3.79. The highest BCUT2D eigenvalue weighted by atomic mass is 19.1. The van der Waals surface area contributed by atoms with Gasteiger partial charge < -0.3 is 14.7 Å². The van der Waals surface area contributed by atoms with Gasteiger partial charge in [-0.05, 0) is 25.1 Å². The lowest BCUT2D eigenvalue weighted by atomic mass is 10.1. The Hall–Kier alpha value is -1.62. The largest absolute Gasteiger partial charge is 0.491 e. The number of hydrogen-bond acceptors (Lipinski definition) is 3. The molecule has 94 valence electrons. The molecular weight excluding hydrogens is 225 g/mol. The van der Waals surface area contributed by atoms with Crippen LogP contribution in [-0.4, -0.2) is 36.6 Å². The van der Waals surface area contributed by atoms with Gasteiger partial charge in [-0.1, -0.05) is 0 Å². The van der Waals surface area contributed by atoms with Gasteiger partial charge in [-0.15, -0.1) is 0 Å². The minimum atomic E-state index is -0.801. The van der Waals surface area contributed by atoms with Crippen molar-refractivity contribution in [1.29, 1.82) is 0 Å². The van der Waals surface area contributed by atoms with E-state index in [1.165, 1.54) is 23.1 Å². The summed E-state index contributed by atoms with van der Waals surface area (Å²) in [5, 5.41) is 9.47. The Morgan fingerprint density at radius 2 is 2.29 bits per heavy atom. The Balaban J connectivity index is 2.67. The van der Waals surface area contributed by atoms with Crippen molar-refractivity contribution in [3.63, 3.8) is 0 Å². The number of hydrogen-bond donors (Lipinski definition) is 1. The monoisotopic (exact) mass is 241 g/mol. The Bertz CT molecular complexity index is 382. The summed E-state index contributed by atoms with van der Waals surface area (Å²) in [6.45, 7) is 2.26. The number of amides is 1. The number of halogens is 1. The molecule has 0 aliphatic rings. The lowest BCUT2D eigenvalue weighted by molar-refractivity contribution is -0.117. The third kappa shape index (κ3) is 4.03. The van der Waals surface area contributed by atoms with E-state index in [0.717, 1.165) is 0 Å². The Morgan fingerprint density at radius 1 is 1.59 bits per heavy atom. The Morgan fingerprint density at radius 3 is 2.88 bits per heavy atom. The molecular formula is C12H16FNO3. The molecule has 0 saturated heterocycles. The van der Waals surface area contributed by atoms with Gasteiger partial charge in [-0.3, -0.25) is 4.79 Å². The first-order valence-corrected chi connectivity index (χ1v) is 5.30. The molecule has 1 amide bonds. The fourth-order valence-corrected chi connectivity index (χ4v) is 1.33. The van der Waals surface area contributed by atoms with Crippen molar-refractivity contribution in [1.82, 2.24) is 4.90 Å². The number of aliphatic hydroxyl groups excluding tert-OH is 1. The summed E-state index contributed by atoms with van der Waals surface area (Å²) in [5.41, 5.74) is 0.402. The maximum atomic E-state index is 13.0. The van der Waals surface area contributed by atoms with Crippen molar-refractivity contribution in [2.45, 2.75) is 13.0 Å². The molecule has 1 rings (SSSR count). The van der Waals surface area contributed by atoms with Gasteiger partial charge in [-0.2, -0.15) is 0 Å². The van der Waals surface area contributed by atoms with Crippen LogP contribution < -0.4 is 4.74 Å². The van der Waals surface area contributed by atoms with Crippen molar-refractivity contribution in [3.8, 4) is 5.75 Å². The van der Waals surface area contributed by atoms with Gasteiger partial charge in [0.05, 0.1) is 12.6 Å². The van der Waals surface area contributed by atoms with Crippen LogP contribution in [0.3, 0.4) is 0 Å². The van der Waals surface area contributed by atoms with Crippen LogP contribution in [0.1, 0.15) is 18.6 Å². The summed E-state index contributed by atoms with van der Waals surface area (Å²) in [6, 6.07) is 3.98. The average molecular weight is 241 g/mol. The highest BCUT2D eigenvalue weighted by molar-refractivity contribution is 5.46. The van der Waals surface area contributed by atoms with Gasteiger partial charge in [-0.25, -0.2) is 4.39 Å². The number of nitrogens with zero attached hydrogens (tertiary/aromatic N) is 1. The van der Waals surface area contributed by atoms with Gasteiger partial charge in [0, 0.05) is 12.6 Å². The number of aliphatic hydroxyl groups is 1. The summed E-state index contributed by atoms with van der Waals surface area (Å²) in [7, 11) is 1.64. The zero-order valence-electron chi connectivity index (χ0n) is 9.89. The van der Waals surface area contributed by atoms with Crippen molar-refractivity contribution in [2.75, 3.05) is 20.2 Å². The van der Waals surface area contributed by atoms with E-state index < -0.39 is 11.9 Å². The van der Waals surface area contributed by atoms with E-state index in [1.807, 2.05) is 0 Å². The quantitative estimate of drug-likeness (QED) is 0.765. The molecule has 0 heterocycles. The van der Waals surface area contributed by atoms with Gasteiger partial charge in [0.25, 0.3) is 0 Å². The van der Waals surface area contributed by atoms with E-state index in [4.69, 9.17) is 4.74 Å². The number of rotatable bonds is 6. The topological polar surface area (TPSA) is 49.8 Å². The summed E-state index contributed by atoms with van der Waals surface area (Å²) >= 11 is 0. The van der Waals surface area contributed by atoms with Crippen molar-refractivity contribution < 1.29 is 19.0 Å². The Kier molecular flexibility index (Phi) is 4.90. The maximum Gasteiger partial charge on any atom is 0.209 e. The first-order valence-electron chi connectivity index (χ1n) is 5.30. The van der Waals surface area contributed by atoms with E-state index >= 15 is 0 Å². The van der Waals surface area contributed by atoms with Crippen LogP contribution >= 0.6 is 0 Å². The summed E-state index contributed by atoms with van der Waals surface area (Å²) in [6.07, 6.45) is -0.103. The predicted octanol–water partition coefficient (Wildman–Crippen LogP) is 1.35. The number of benzene rings is 1. The van der Waals surface area contributed by atoms with E-state index in [0.29, 0.717) is 30.9 Å². The van der Waals surface area contributed by atoms with Gasteiger partial charge in [0.1, 0.15) is 18.2 Å². The van der Waals surface area contributed by atoms with Crippen LogP contribution in [0.25, 0.3) is 0 Å². The standard InChI is InChI=1S/C12H16FNO3/c1-9(16)11-7-10(13)3-4-12(11)17-6-5-14(2)8-15/h3-4,7-9,16H,5-6H2,1-2H3/t9-/m1/s1. The molecule has 1 aromatic rings. The van der Waals surface area contributed by atoms with Gasteiger partial charge in [0.15, 0.2) is 0 Å². The number of likely N-dealkylation sites (N-methyl/N-ethyl adjacent to an activating group) is 1. The third-order valence-corrected chi connectivity index (χ3v) is 2.30. The van der Waals surface area contributed by atoms with Crippen LogP contribution in [0.5, 0.6) is 5.75 Å². The van der Waals surface area contributed by atoms with Crippen molar-refractivity contribution >= 4 is 6.41 Å². The molecule has 1 aromatic carbocycles. The summed E-state index contributed by atoms with van der Waals surface area (Å²) in [5.74, 6) is 0.0129. The highest BCUT2D eigenvalue weighted by Crippen LogP contribution is 2.25. The minimum Gasteiger partial charge on any atom is -0.491 e. The maximum absolute atomic E-state index is 13.0. The van der Waals surface area contributed by atoms with E-state index in [-0.39, 0.29) is 0 Å². The molecule has 0 aliphatic carbocycles. The van der Waals surface area contributed by atoms with Crippen LogP contribution in [0.4, 0.5) is 4.39 Å². The predicted molar refractivity (Wildman–Crippen MR) is 61.2 cm³/mol. The zero-order valence-corrected chi connectivity index (χ0v) is 9.89. The molecule has 4 nitrogen and oxygen atoms in total. The minimum absolute atomic E-state index is 0.292.